The van der Waals surface area contributed by atoms with Crippen molar-refractivity contribution >= 4 is 22.4 Å². The second kappa shape index (κ2) is 6.43. The van der Waals surface area contributed by atoms with Gasteiger partial charge < -0.3 is 20.0 Å². The summed E-state index contributed by atoms with van der Waals surface area (Å²) in [5, 5.41) is 14.1. The number of methoxy groups -OCH3 is 1. The topological polar surface area (TPSA) is 143 Å². The van der Waals surface area contributed by atoms with Crippen LogP contribution in [-0.4, -0.2) is 27.0 Å². The van der Waals surface area contributed by atoms with Crippen LogP contribution < -0.4 is 21.2 Å². The maximum atomic E-state index is 11.6. The van der Waals surface area contributed by atoms with E-state index in [4.69, 9.17) is 4.74 Å². The summed E-state index contributed by atoms with van der Waals surface area (Å²) in [6.45, 7) is 0.175. The highest BCUT2D eigenvalue weighted by atomic mass is 16.6. The van der Waals surface area contributed by atoms with Crippen molar-refractivity contribution in [1.29, 1.82) is 0 Å². The maximum absolute atomic E-state index is 11.6. The van der Waals surface area contributed by atoms with E-state index in [9.17, 15) is 19.7 Å². The minimum atomic E-state index is -0.869. The number of benzene rings is 1. The molecule has 25 heavy (non-hydrogen) atoms. The number of aromatic amines is 2. The number of pyridine rings is 1. The molecule has 3 N–H and O–H groups in total. The number of non-ortho nitro benzene ring substituents is 1. The van der Waals surface area contributed by atoms with E-state index >= 15 is 0 Å². The van der Waals surface area contributed by atoms with E-state index in [1.54, 1.807) is 18.3 Å². The fourth-order valence-electron chi connectivity index (χ4n) is 2.33. The molecule has 2 aromatic heterocycles. The summed E-state index contributed by atoms with van der Waals surface area (Å²) >= 11 is 0. The Labute approximate surface area is 139 Å². The molecule has 128 valence electrons. The van der Waals surface area contributed by atoms with E-state index in [0.717, 1.165) is 0 Å². The average Bonchev–Trinajstić information content (AvgIpc) is 2.61. The first kappa shape index (κ1) is 16.2. The highest BCUT2D eigenvalue weighted by molar-refractivity contribution is 5.80. The number of anilines is 1. The molecule has 1 aromatic carbocycles. The molecule has 0 amide bonds. The molecule has 0 aliphatic carbocycles. The second-order valence-electron chi connectivity index (χ2n) is 5.14. The largest absolute Gasteiger partial charge is 0.481 e. The predicted octanol–water partition coefficient (Wildman–Crippen LogP) is 1.14. The van der Waals surface area contributed by atoms with Gasteiger partial charge in [-0.05, 0) is 6.07 Å². The summed E-state index contributed by atoms with van der Waals surface area (Å²) in [6.07, 6.45) is 1.54. The van der Waals surface area contributed by atoms with Crippen LogP contribution in [0.3, 0.4) is 0 Å². The lowest BCUT2D eigenvalue weighted by atomic mass is 10.1. The number of nitrogens with zero attached hydrogens (tertiary/aromatic N) is 2. The van der Waals surface area contributed by atoms with E-state index < -0.39 is 16.0 Å². The van der Waals surface area contributed by atoms with Gasteiger partial charge >= 0.3 is 11.1 Å². The zero-order chi connectivity index (χ0) is 18.0. The number of nitro groups is 1. The van der Waals surface area contributed by atoms with Gasteiger partial charge in [-0.25, -0.2) is 4.98 Å². The van der Waals surface area contributed by atoms with Crippen LogP contribution in [0.1, 0.15) is 5.56 Å². The van der Waals surface area contributed by atoms with Crippen molar-refractivity contribution in [1.82, 2.24) is 15.0 Å². The summed E-state index contributed by atoms with van der Waals surface area (Å²) in [4.78, 5) is 42.4. The van der Waals surface area contributed by atoms with Crippen molar-refractivity contribution in [2.75, 3.05) is 12.4 Å². The molecule has 10 heteroatoms. The number of fused-ring (bicyclic) bond motifs is 1. The molecule has 3 aromatic rings. The smallest absolute Gasteiger partial charge is 0.314 e. The fraction of sp³-hybridized carbons (Fsp3) is 0.133. The molecule has 0 radical (unpaired) electrons. The lowest BCUT2D eigenvalue weighted by Gasteiger charge is -2.09. The monoisotopic (exact) mass is 343 g/mol. The van der Waals surface area contributed by atoms with E-state index in [0.29, 0.717) is 22.6 Å². The lowest BCUT2D eigenvalue weighted by molar-refractivity contribution is -0.384. The summed E-state index contributed by atoms with van der Waals surface area (Å²) in [5.74, 6) is 0.452. The first-order chi connectivity index (χ1) is 12.0. The molecule has 0 bridgehead atoms. The quantitative estimate of drug-likeness (QED) is 0.358. The Balaban J connectivity index is 2.00. The second-order valence-corrected chi connectivity index (χ2v) is 5.14. The van der Waals surface area contributed by atoms with Gasteiger partial charge in [0.05, 0.1) is 35.0 Å². The van der Waals surface area contributed by atoms with E-state index in [2.05, 4.69) is 20.3 Å². The third-order valence-corrected chi connectivity index (χ3v) is 3.54. The number of ether oxygens (including phenoxy) is 1. The van der Waals surface area contributed by atoms with Crippen molar-refractivity contribution in [2.45, 2.75) is 6.54 Å². The Morgan fingerprint density at radius 3 is 2.64 bits per heavy atom. The van der Waals surface area contributed by atoms with E-state index in [1.807, 2.05) is 0 Å². The standard InChI is InChI=1S/C15H13N5O5/c1-25-12-3-2-9(7-17-12)16-6-8-4-10(20(23)24)5-11-13(8)19-15(22)14(21)18-11/h2-5,7,16H,6H2,1H3,(H,18,21)(H,19,22). The van der Waals surface area contributed by atoms with E-state index in [1.165, 1.54) is 19.2 Å². The van der Waals surface area contributed by atoms with Crippen molar-refractivity contribution in [3.8, 4) is 5.88 Å². The Hall–Kier alpha value is -3.69. The average molecular weight is 343 g/mol. The van der Waals surface area contributed by atoms with Crippen LogP contribution in [-0.2, 0) is 6.54 Å². The van der Waals surface area contributed by atoms with Crippen LogP contribution in [0.25, 0.3) is 11.0 Å². The molecule has 10 nitrogen and oxygen atoms in total. The number of hydrogen-bond donors (Lipinski definition) is 3. The number of aromatic nitrogens is 3. The number of rotatable bonds is 5. The van der Waals surface area contributed by atoms with Gasteiger partial charge in [0, 0.05) is 30.3 Å². The van der Waals surface area contributed by atoms with Crippen molar-refractivity contribution in [3.63, 3.8) is 0 Å². The highest BCUT2D eigenvalue weighted by Crippen LogP contribution is 2.22. The first-order valence-electron chi connectivity index (χ1n) is 7.15. The minimum absolute atomic E-state index is 0.175. The molecule has 0 spiro atoms. The SMILES string of the molecule is COc1ccc(NCc2cc([N+](=O)[O-])cc3[nH]c(=O)c(=O)[nH]c23)cn1. The summed E-state index contributed by atoms with van der Waals surface area (Å²) in [6, 6.07) is 5.93. The molecule has 0 unspecified atom stereocenters. The third kappa shape index (κ3) is 3.32. The molecule has 0 aliphatic rings. The Morgan fingerprint density at radius 2 is 2.00 bits per heavy atom. The Bertz CT molecular complexity index is 1050. The third-order valence-electron chi connectivity index (χ3n) is 3.54. The van der Waals surface area contributed by atoms with Gasteiger partial charge in [0.1, 0.15) is 0 Å². The Kier molecular flexibility index (Phi) is 4.16. The van der Waals surface area contributed by atoms with Gasteiger partial charge in [-0.2, -0.15) is 0 Å². The highest BCUT2D eigenvalue weighted by Gasteiger charge is 2.14. The van der Waals surface area contributed by atoms with Crippen LogP contribution in [0.5, 0.6) is 5.88 Å². The zero-order valence-corrected chi connectivity index (χ0v) is 13.0. The predicted molar refractivity (Wildman–Crippen MR) is 90.0 cm³/mol. The number of hydrogen-bond acceptors (Lipinski definition) is 7. The first-order valence-corrected chi connectivity index (χ1v) is 7.15. The molecular formula is C15H13N5O5. The molecule has 0 fully saturated rings. The fourth-order valence-corrected chi connectivity index (χ4v) is 2.33. The summed E-state index contributed by atoms with van der Waals surface area (Å²) < 4.78 is 4.97. The van der Waals surface area contributed by atoms with Gasteiger partial charge in [0.25, 0.3) is 5.69 Å². The number of H-pyrrole nitrogens is 2. The molecule has 3 rings (SSSR count). The van der Waals surface area contributed by atoms with Crippen LogP contribution in [0.15, 0.2) is 40.1 Å². The van der Waals surface area contributed by atoms with Crippen molar-refractivity contribution in [3.05, 3.63) is 66.8 Å². The van der Waals surface area contributed by atoms with Crippen LogP contribution >= 0.6 is 0 Å². The number of nitro benzene ring substituents is 1. The molecule has 0 atom stereocenters. The minimum Gasteiger partial charge on any atom is -0.481 e. The summed E-state index contributed by atoms with van der Waals surface area (Å²) in [5.41, 5.74) is -0.270. The van der Waals surface area contributed by atoms with Gasteiger partial charge in [-0.15, -0.1) is 0 Å². The van der Waals surface area contributed by atoms with Gasteiger partial charge in [-0.1, -0.05) is 0 Å². The Morgan fingerprint density at radius 1 is 1.24 bits per heavy atom. The number of nitrogens with one attached hydrogen (secondary N) is 3. The van der Waals surface area contributed by atoms with Gasteiger partial charge in [0.15, 0.2) is 0 Å². The normalized spacial score (nSPS) is 10.6. The van der Waals surface area contributed by atoms with Crippen LogP contribution in [0.2, 0.25) is 0 Å². The van der Waals surface area contributed by atoms with Crippen LogP contribution in [0, 0.1) is 10.1 Å². The van der Waals surface area contributed by atoms with Gasteiger partial charge in [0.2, 0.25) is 5.88 Å². The van der Waals surface area contributed by atoms with Crippen LogP contribution in [0.4, 0.5) is 11.4 Å². The maximum Gasteiger partial charge on any atom is 0.314 e. The summed E-state index contributed by atoms with van der Waals surface area (Å²) in [7, 11) is 1.50. The van der Waals surface area contributed by atoms with E-state index in [-0.39, 0.29) is 17.7 Å². The van der Waals surface area contributed by atoms with Crippen molar-refractivity contribution in [2.24, 2.45) is 0 Å². The molecule has 0 aliphatic heterocycles. The van der Waals surface area contributed by atoms with Gasteiger partial charge in [-0.3, -0.25) is 19.7 Å². The lowest BCUT2D eigenvalue weighted by Crippen LogP contribution is -2.29. The molecule has 0 saturated heterocycles. The van der Waals surface area contributed by atoms with Crippen molar-refractivity contribution < 1.29 is 9.66 Å². The zero-order valence-electron chi connectivity index (χ0n) is 13.0. The molecule has 2 heterocycles. The molecule has 0 saturated carbocycles. The molecular weight excluding hydrogens is 330 g/mol.